The molecule has 0 aliphatic carbocycles. The number of carbonyl (C=O) groups is 1. The second-order valence-corrected chi connectivity index (χ2v) is 6.01. The van der Waals surface area contributed by atoms with Gasteiger partial charge in [-0.25, -0.2) is 0 Å². The summed E-state index contributed by atoms with van der Waals surface area (Å²) in [6, 6.07) is 17.1. The molecule has 6 nitrogen and oxygen atoms in total. The minimum Gasteiger partial charge on any atom is -0.549 e. The minimum absolute atomic E-state index is 0.196. The Morgan fingerprint density at radius 2 is 1.84 bits per heavy atom. The van der Waals surface area contributed by atoms with Gasteiger partial charge in [0.05, 0.1) is 18.1 Å². The van der Waals surface area contributed by atoms with Gasteiger partial charge in [0.25, 0.3) is 0 Å². The molecule has 128 valence electrons. The molecule has 0 unspecified atom stereocenters. The number of nitrogens with zero attached hydrogens (tertiary/aromatic N) is 3. The van der Waals surface area contributed by atoms with Crippen molar-refractivity contribution in [2.45, 2.75) is 12.1 Å². The predicted octanol–water partition coefficient (Wildman–Crippen LogP) is 2.17. The van der Waals surface area contributed by atoms with Crippen molar-refractivity contribution in [1.82, 2.24) is 14.8 Å². The Kier molecular flexibility index (Phi) is 5.35. The molecule has 0 saturated heterocycles. The average Bonchev–Trinajstić information content (AvgIpc) is 3.05. The fraction of sp³-hybridized carbons (Fsp3) is 0.167. The lowest BCUT2D eigenvalue weighted by molar-refractivity contribution is -0.301. The number of aliphatic carboxylic acids is 1. The number of benzene rings is 2. The third-order valence-corrected chi connectivity index (χ3v) is 4.30. The number of thioether (sulfide) groups is 1. The second-order valence-electron chi connectivity index (χ2n) is 5.07. The van der Waals surface area contributed by atoms with Crippen molar-refractivity contribution < 1.29 is 14.6 Å². The van der Waals surface area contributed by atoms with E-state index in [1.165, 1.54) is 0 Å². The molecule has 3 rings (SSSR count). The lowest BCUT2D eigenvalue weighted by atomic mass is 10.2. The Morgan fingerprint density at radius 3 is 2.56 bits per heavy atom. The third kappa shape index (κ3) is 3.83. The Balaban J connectivity index is 2.13. The first-order valence-electron chi connectivity index (χ1n) is 7.76. The molecule has 0 N–H and O–H groups in total. The Labute approximate surface area is 149 Å². The topological polar surface area (TPSA) is 80.1 Å². The highest BCUT2D eigenvalue weighted by Crippen LogP contribution is 2.33. The van der Waals surface area contributed by atoms with E-state index >= 15 is 0 Å². The molecule has 0 fully saturated rings. The van der Waals surface area contributed by atoms with E-state index in [0.717, 1.165) is 23.0 Å². The zero-order chi connectivity index (χ0) is 17.6. The molecular weight excluding hydrogens is 338 g/mol. The summed E-state index contributed by atoms with van der Waals surface area (Å²) < 4.78 is 7.52. The Bertz CT molecular complexity index is 865. The van der Waals surface area contributed by atoms with Gasteiger partial charge in [-0.3, -0.25) is 4.57 Å². The zero-order valence-electron chi connectivity index (χ0n) is 13.6. The monoisotopic (exact) mass is 354 g/mol. The van der Waals surface area contributed by atoms with Crippen LogP contribution in [0.2, 0.25) is 0 Å². The second kappa shape index (κ2) is 7.85. The van der Waals surface area contributed by atoms with Gasteiger partial charge < -0.3 is 14.6 Å². The van der Waals surface area contributed by atoms with Gasteiger partial charge in [-0.05, 0) is 31.2 Å². The highest BCUT2D eigenvalue weighted by molar-refractivity contribution is 7.99. The van der Waals surface area contributed by atoms with Crippen LogP contribution in [0.25, 0.3) is 17.1 Å². The summed E-state index contributed by atoms with van der Waals surface area (Å²) in [7, 11) is 0. The first-order chi connectivity index (χ1) is 12.2. The highest BCUT2D eigenvalue weighted by atomic mass is 32.2. The van der Waals surface area contributed by atoms with Crippen molar-refractivity contribution >= 4 is 17.7 Å². The summed E-state index contributed by atoms with van der Waals surface area (Å²) in [5, 5.41) is 19.8. The summed E-state index contributed by atoms with van der Waals surface area (Å²) in [6.07, 6.45) is 0. The standard InChI is InChI=1S/C18H17N3O3S/c1-2-24-15-11-7-6-10-14(15)17-19-20-18(25-12-16(22)23)21(17)13-8-4-3-5-9-13/h3-11H,2,12H2,1H3,(H,22,23)/p-1. The number of carboxylic acid groups (broad SMARTS) is 1. The maximum absolute atomic E-state index is 10.8. The summed E-state index contributed by atoms with van der Waals surface area (Å²) in [5.41, 5.74) is 1.63. The van der Waals surface area contributed by atoms with Crippen LogP contribution in [0, 0.1) is 0 Å². The minimum atomic E-state index is -1.15. The number of carboxylic acids is 1. The molecule has 1 aromatic heterocycles. The van der Waals surface area contributed by atoms with Crippen molar-refractivity contribution in [1.29, 1.82) is 0 Å². The lowest BCUT2D eigenvalue weighted by Gasteiger charge is -2.13. The maximum atomic E-state index is 10.8. The number of para-hydroxylation sites is 2. The van der Waals surface area contributed by atoms with Gasteiger partial charge in [-0.2, -0.15) is 0 Å². The Hall–Kier alpha value is -2.80. The van der Waals surface area contributed by atoms with Crippen molar-refractivity contribution in [3.8, 4) is 22.8 Å². The summed E-state index contributed by atoms with van der Waals surface area (Å²) in [4.78, 5) is 10.8. The van der Waals surface area contributed by atoms with Crippen LogP contribution < -0.4 is 9.84 Å². The van der Waals surface area contributed by atoms with Crippen LogP contribution in [-0.2, 0) is 4.79 Å². The molecule has 0 aliphatic rings. The lowest BCUT2D eigenvalue weighted by Crippen LogP contribution is -2.24. The number of aromatic nitrogens is 3. The third-order valence-electron chi connectivity index (χ3n) is 3.39. The Morgan fingerprint density at radius 1 is 1.12 bits per heavy atom. The first kappa shape index (κ1) is 17.0. The van der Waals surface area contributed by atoms with E-state index in [1.807, 2.05) is 66.1 Å². The normalized spacial score (nSPS) is 10.6. The summed E-state index contributed by atoms with van der Waals surface area (Å²) in [6.45, 7) is 2.45. The number of ether oxygens (including phenoxy) is 1. The molecule has 2 aromatic carbocycles. The molecule has 7 heteroatoms. The maximum Gasteiger partial charge on any atom is 0.196 e. The van der Waals surface area contributed by atoms with E-state index in [4.69, 9.17) is 4.74 Å². The SMILES string of the molecule is CCOc1ccccc1-c1nnc(SCC(=O)[O-])n1-c1ccccc1. The number of hydrogen-bond donors (Lipinski definition) is 0. The predicted molar refractivity (Wildman–Crippen MR) is 93.7 cm³/mol. The van der Waals surface area contributed by atoms with Crippen molar-refractivity contribution in [3.05, 3.63) is 54.6 Å². The fourth-order valence-corrected chi connectivity index (χ4v) is 3.07. The van der Waals surface area contributed by atoms with Crippen molar-refractivity contribution in [2.24, 2.45) is 0 Å². The summed E-state index contributed by atoms with van der Waals surface area (Å²) in [5.74, 6) is -0.0519. The van der Waals surface area contributed by atoms with Gasteiger partial charge in [-0.15, -0.1) is 10.2 Å². The molecule has 0 bridgehead atoms. The van der Waals surface area contributed by atoms with E-state index in [0.29, 0.717) is 23.3 Å². The highest BCUT2D eigenvalue weighted by Gasteiger charge is 2.18. The van der Waals surface area contributed by atoms with E-state index in [9.17, 15) is 9.90 Å². The van der Waals surface area contributed by atoms with Crippen molar-refractivity contribution in [2.75, 3.05) is 12.4 Å². The molecule has 0 aliphatic heterocycles. The molecule has 3 aromatic rings. The molecule has 0 amide bonds. The number of hydrogen-bond acceptors (Lipinski definition) is 6. The van der Waals surface area contributed by atoms with Crippen LogP contribution in [0.15, 0.2) is 59.8 Å². The molecule has 0 atom stereocenters. The summed E-state index contributed by atoms with van der Waals surface area (Å²) >= 11 is 1.07. The molecule has 25 heavy (non-hydrogen) atoms. The van der Waals surface area contributed by atoms with Gasteiger partial charge in [0.2, 0.25) is 0 Å². The van der Waals surface area contributed by atoms with Gasteiger partial charge in [-0.1, -0.05) is 42.1 Å². The van der Waals surface area contributed by atoms with Gasteiger partial charge in [0, 0.05) is 11.4 Å². The number of carbonyl (C=O) groups excluding carboxylic acids is 1. The largest absolute Gasteiger partial charge is 0.549 e. The average molecular weight is 354 g/mol. The van der Waals surface area contributed by atoms with Gasteiger partial charge >= 0.3 is 0 Å². The van der Waals surface area contributed by atoms with E-state index < -0.39 is 5.97 Å². The van der Waals surface area contributed by atoms with Crippen LogP contribution >= 0.6 is 11.8 Å². The molecular formula is C18H16N3O3S-. The van der Waals surface area contributed by atoms with E-state index in [1.54, 1.807) is 0 Å². The van der Waals surface area contributed by atoms with E-state index in [2.05, 4.69) is 10.2 Å². The van der Waals surface area contributed by atoms with Gasteiger partial charge in [0.15, 0.2) is 11.0 Å². The molecule has 1 heterocycles. The van der Waals surface area contributed by atoms with Crippen LogP contribution in [-0.4, -0.2) is 33.1 Å². The van der Waals surface area contributed by atoms with Crippen LogP contribution in [0.3, 0.4) is 0 Å². The molecule has 0 saturated carbocycles. The van der Waals surface area contributed by atoms with Gasteiger partial charge in [0.1, 0.15) is 5.75 Å². The zero-order valence-corrected chi connectivity index (χ0v) is 14.4. The molecule has 0 spiro atoms. The first-order valence-corrected chi connectivity index (χ1v) is 8.75. The van der Waals surface area contributed by atoms with E-state index in [-0.39, 0.29) is 5.75 Å². The van der Waals surface area contributed by atoms with Crippen LogP contribution in [0.1, 0.15) is 6.92 Å². The van der Waals surface area contributed by atoms with Crippen molar-refractivity contribution in [3.63, 3.8) is 0 Å². The van der Waals surface area contributed by atoms with Crippen LogP contribution in [0.5, 0.6) is 5.75 Å². The van der Waals surface area contributed by atoms with Crippen LogP contribution in [0.4, 0.5) is 0 Å². The molecule has 0 radical (unpaired) electrons. The fourth-order valence-electron chi connectivity index (χ4n) is 2.40. The number of rotatable bonds is 7. The quantitative estimate of drug-likeness (QED) is 0.605. The smallest absolute Gasteiger partial charge is 0.196 e.